The second-order valence-electron chi connectivity index (χ2n) is 15.6. The van der Waals surface area contributed by atoms with Gasteiger partial charge in [-0.2, -0.15) is 0 Å². The van der Waals surface area contributed by atoms with Gasteiger partial charge in [-0.3, -0.25) is 34.3 Å². The zero-order valence-electron chi connectivity index (χ0n) is 33.7. The molecule has 0 bridgehead atoms. The second-order valence-corrected chi connectivity index (χ2v) is 15.6. The molecule has 4 amide bonds. The summed E-state index contributed by atoms with van der Waals surface area (Å²) in [6, 6.07) is 20.8. The Kier molecular flexibility index (Phi) is 11.7. The number of fused-ring (bicyclic) bond motifs is 2. The molecule has 3 fully saturated rings. The third-order valence-corrected chi connectivity index (χ3v) is 11.8. The van der Waals surface area contributed by atoms with Gasteiger partial charge < -0.3 is 24.6 Å². The van der Waals surface area contributed by atoms with Gasteiger partial charge in [0.25, 0.3) is 11.8 Å². The molecule has 0 spiro atoms. The lowest BCUT2D eigenvalue weighted by molar-refractivity contribution is -0.136. The Bertz CT molecular complexity index is 2450. The minimum absolute atomic E-state index is 0.0638. The first-order valence-electron chi connectivity index (χ1n) is 20.9. The summed E-state index contributed by atoms with van der Waals surface area (Å²) in [5, 5.41) is 10.4. The van der Waals surface area contributed by atoms with E-state index < -0.39 is 29.7 Å². The fraction of sp³-hybridized carbons (Fsp3) is 0.386. The number of imide groups is 2. The number of piperidine rings is 1. The molecule has 2 unspecified atom stereocenters. The quantitative estimate of drug-likeness (QED) is 0.115. The zero-order chi connectivity index (χ0) is 41.9. The lowest BCUT2D eigenvalue weighted by atomic mass is 10.0. The number of rotatable bonds is 15. The number of piperazine rings is 1. The average molecular weight is 831 g/mol. The van der Waals surface area contributed by atoms with Crippen molar-refractivity contribution in [1.82, 2.24) is 34.7 Å². The van der Waals surface area contributed by atoms with Crippen LogP contribution in [0.5, 0.6) is 0 Å². The van der Waals surface area contributed by atoms with E-state index in [1.165, 1.54) is 6.07 Å². The molecule has 16 nitrogen and oxygen atoms in total. The number of halogens is 1. The number of hydrogen-bond acceptors (Lipinski definition) is 13. The molecule has 4 aliphatic heterocycles. The van der Waals surface area contributed by atoms with Crippen LogP contribution in [0.2, 0.25) is 0 Å². The molecule has 7 heterocycles. The van der Waals surface area contributed by atoms with E-state index in [0.717, 1.165) is 91.2 Å². The Morgan fingerprint density at radius 3 is 2.44 bits per heavy atom. The van der Waals surface area contributed by atoms with E-state index >= 15 is 0 Å². The van der Waals surface area contributed by atoms with Crippen LogP contribution in [-0.4, -0.2) is 131 Å². The Balaban J connectivity index is 0.690. The number of amides is 4. The van der Waals surface area contributed by atoms with Crippen LogP contribution in [-0.2, 0) is 19.1 Å². The van der Waals surface area contributed by atoms with Crippen molar-refractivity contribution < 1.29 is 33.0 Å². The first-order chi connectivity index (χ1) is 29.8. The van der Waals surface area contributed by atoms with E-state index in [1.807, 2.05) is 47.1 Å². The van der Waals surface area contributed by atoms with Gasteiger partial charge in [0.1, 0.15) is 29.2 Å². The molecular formula is C44H47FN10O6. The lowest BCUT2D eigenvalue weighted by Gasteiger charge is -2.35. The summed E-state index contributed by atoms with van der Waals surface area (Å²) in [7, 11) is 0. The molecule has 0 aliphatic carbocycles. The first kappa shape index (κ1) is 40.1. The van der Waals surface area contributed by atoms with Gasteiger partial charge in [0.15, 0.2) is 5.65 Å². The van der Waals surface area contributed by atoms with E-state index in [1.54, 1.807) is 30.3 Å². The first-order valence-corrected chi connectivity index (χ1v) is 20.9. The standard InChI is InChI=1S/C44H47FN10O6/c45-30-5-1-4-29(26-30)35-7-3-16-53(35)40-13-12-38-47-28-37(55(38)50-40)34-6-2-8-39(48-34)52-19-17-51(18-20-52)21-23-61-25-24-60-22-15-46-31-9-10-32-33(27-31)44(59)54(43(32)58)36-11-14-41(56)49-42(36)57/h1-2,4-6,8-10,12-13,26-28,35-36,46H,3,7,11,14-25H2,(H,49,56,57). The van der Waals surface area contributed by atoms with E-state index in [2.05, 4.69) is 30.3 Å². The van der Waals surface area contributed by atoms with Gasteiger partial charge in [0.05, 0.1) is 55.5 Å². The van der Waals surface area contributed by atoms with Crippen LogP contribution in [0, 0.1) is 5.82 Å². The van der Waals surface area contributed by atoms with Crippen molar-refractivity contribution in [2.75, 3.05) is 87.4 Å². The molecule has 316 valence electrons. The third-order valence-electron chi connectivity index (χ3n) is 11.8. The highest BCUT2D eigenvalue weighted by molar-refractivity contribution is 6.23. The van der Waals surface area contributed by atoms with Gasteiger partial charge in [-0.15, -0.1) is 5.10 Å². The smallest absolute Gasteiger partial charge is 0.262 e. The fourth-order valence-electron chi connectivity index (χ4n) is 8.60. The highest BCUT2D eigenvalue weighted by atomic mass is 19.1. The number of carbonyl (C=O) groups is 4. The third kappa shape index (κ3) is 8.53. The highest BCUT2D eigenvalue weighted by Crippen LogP contribution is 2.36. The monoisotopic (exact) mass is 830 g/mol. The Hall–Kier alpha value is -6.30. The number of carbonyl (C=O) groups excluding carboxylic acids is 4. The lowest BCUT2D eigenvalue weighted by Crippen LogP contribution is -2.54. The molecule has 2 N–H and O–H groups in total. The predicted molar refractivity (Wildman–Crippen MR) is 224 cm³/mol. The number of pyridine rings is 1. The molecule has 2 aromatic carbocycles. The van der Waals surface area contributed by atoms with Crippen LogP contribution >= 0.6 is 0 Å². The van der Waals surface area contributed by atoms with Crippen molar-refractivity contribution in [3.05, 3.63) is 102 Å². The summed E-state index contributed by atoms with van der Waals surface area (Å²) >= 11 is 0. The van der Waals surface area contributed by atoms with Crippen molar-refractivity contribution in [3.63, 3.8) is 0 Å². The summed E-state index contributed by atoms with van der Waals surface area (Å²) in [6.07, 6.45) is 3.95. The van der Waals surface area contributed by atoms with Gasteiger partial charge in [0, 0.05) is 57.9 Å². The summed E-state index contributed by atoms with van der Waals surface area (Å²) in [4.78, 5) is 67.4. The molecular weight excluding hydrogens is 784 g/mol. The maximum absolute atomic E-state index is 14.1. The van der Waals surface area contributed by atoms with Crippen LogP contribution < -0.4 is 20.4 Å². The number of nitrogens with one attached hydrogen (secondary N) is 2. The highest BCUT2D eigenvalue weighted by Gasteiger charge is 2.44. The summed E-state index contributed by atoms with van der Waals surface area (Å²) in [5.74, 6) is -0.604. The maximum atomic E-state index is 14.1. The van der Waals surface area contributed by atoms with Crippen molar-refractivity contribution in [1.29, 1.82) is 0 Å². The average Bonchev–Trinajstić information content (AvgIpc) is 4.00. The summed E-state index contributed by atoms with van der Waals surface area (Å²) in [5.41, 5.74) is 4.43. The second kappa shape index (κ2) is 17.7. The number of imidazole rings is 1. The SMILES string of the molecule is O=C1CCC(N2C(=O)c3ccc(NCCOCCOCCN4CCN(c5cccc(-c6cnc7ccc(N8CCCC8c8cccc(F)c8)nn67)n5)CC4)cc3C2=O)C(=O)N1. The van der Waals surface area contributed by atoms with Crippen molar-refractivity contribution in [3.8, 4) is 11.4 Å². The topological polar surface area (TPSA) is 167 Å². The van der Waals surface area contributed by atoms with E-state index in [-0.39, 0.29) is 35.8 Å². The molecule has 17 heteroatoms. The largest absolute Gasteiger partial charge is 0.383 e. The normalized spacial score (nSPS) is 19.6. The molecule has 3 saturated heterocycles. The van der Waals surface area contributed by atoms with Crippen LogP contribution in [0.1, 0.15) is 58.0 Å². The molecule has 2 atom stereocenters. The minimum atomic E-state index is -0.995. The van der Waals surface area contributed by atoms with Crippen molar-refractivity contribution in [2.45, 2.75) is 37.8 Å². The van der Waals surface area contributed by atoms with Crippen LogP contribution in [0.3, 0.4) is 0 Å². The van der Waals surface area contributed by atoms with Gasteiger partial charge in [0.2, 0.25) is 11.8 Å². The van der Waals surface area contributed by atoms with Gasteiger partial charge in [-0.1, -0.05) is 18.2 Å². The molecule has 61 heavy (non-hydrogen) atoms. The number of aromatic nitrogens is 4. The fourth-order valence-corrected chi connectivity index (χ4v) is 8.60. The van der Waals surface area contributed by atoms with Crippen LogP contribution in [0.4, 0.5) is 21.7 Å². The summed E-state index contributed by atoms with van der Waals surface area (Å²) in [6.45, 7) is 7.50. The number of nitrogens with zero attached hydrogens (tertiary/aromatic N) is 8. The molecule has 0 radical (unpaired) electrons. The Morgan fingerprint density at radius 1 is 0.787 bits per heavy atom. The zero-order valence-corrected chi connectivity index (χ0v) is 33.7. The van der Waals surface area contributed by atoms with Crippen molar-refractivity contribution >= 4 is 46.6 Å². The molecule has 0 saturated carbocycles. The van der Waals surface area contributed by atoms with Crippen LogP contribution in [0.15, 0.2) is 79.0 Å². The van der Waals surface area contributed by atoms with Crippen molar-refractivity contribution in [2.24, 2.45) is 0 Å². The number of benzene rings is 2. The summed E-state index contributed by atoms with van der Waals surface area (Å²) < 4.78 is 27.5. The van der Waals surface area contributed by atoms with E-state index in [0.29, 0.717) is 38.7 Å². The number of hydrogen-bond donors (Lipinski definition) is 2. The minimum Gasteiger partial charge on any atom is -0.383 e. The maximum Gasteiger partial charge on any atom is 0.262 e. The van der Waals surface area contributed by atoms with Crippen LogP contribution in [0.25, 0.3) is 17.0 Å². The number of anilines is 3. The molecule has 4 aliphatic rings. The molecule has 5 aromatic rings. The number of ether oxygens (including phenoxy) is 2. The van der Waals surface area contributed by atoms with E-state index in [4.69, 9.17) is 19.6 Å². The van der Waals surface area contributed by atoms with E-state index in [9.17, 15) is 23.6 Å². The van der Waals surface area contributed by atoms with Gasteiger partial charge in [-0.25, -0.2) is 18.9 Å². The molecule has 3 aromatic heterocycles. The van der Waals surface area contributed by atoms with Gasteiger partial charge >= 0.3 is 0 Å². The predicted octanol–water partition coefficient (Wildman–Crippen LogP) is 3.94. The Labute approximate surface area is 351 Å². The van der Waals surface area contributed by atoms with Gasteiger partial charge in [-0.05, 0) is 79.4 Å². The molecule has 9 rings (SSSR count). The Morgan fingerprint density at radius 2 is 1.61 bits per heavy atom.